The van der Waals surface area contributed by atoms with Crippen LogP contribution in [-0.2, 0) is 19.5 Å². The first-order valence-electron chi connectivity index (χ1n) is 5.78. The SMILES string of the molecule is CCc1cnc(CNCc2cccc(F)c2Br)o1. The summed E-state index contributed by atoms with van der Waals surface area (Å²) >= 11 is 3.23. The summed E-state index contributed by atoms with van der Waals surface area (Å²) in [6, 6.07) is 4.99. The number of rotatable bonds is 5. The number of aromatic nitrogens is 1. The summed E-state index contributed by atoms with van der Waals surface area (Å²) in [7, 11) is 0. The fourth-order valence-corrected chi connectivity index (χ4v) is 1.99. The highest BCUT2D eigenvalue weighted by molar-refractivity contribution is 9.10. The van der Waals surface area contributed by atoms with Gasteiger partial charge in [-0.15, -0.1) is 0 Å². The molecule has 0 aliphatic rings. The van der Waals surface area contributed by atoms with Crippen LogP contribution in [0.4, 0.5) is 4.39 Å². The lowest BCUT2D eigenvalue weighted by Gasteiger charge is -2.05. The van der Waals surface area contributed by atoms with Crippen molar-refractivity contribution in [1.29, 1.82) is 0 Å². The van der Waals surface area contributed by atoms with Crippen LogP contribution in [0.3, 0.4) is 0 Å². The summed E-state index contributed by atoms with van der Waals surface area (Å²) in [4.78, 5) is 4.14. The highest BCUT2D eigenvalue weighted by Crippen LogP contribution is 2.20. The van der Waals surface area contributed by atoms with Gasteiger partial charge in [-0.1, -0.05) is 19.1 Å². The molecule has 0 atom stereocenters. The van der Waals surface area contributed by atoms with E-state index in [1.165, 1.54) is 6.07 Å². The highest BCUT2D eigenvalue weighted by Gasteiger charge is 2.06. The van der Waals surface area contributed by atoms with E-state index in [1.807, 2.05) is 13.0 Å². The lowest BCUT2D eigenvalue weighted by Crippen LogP contribution is -2.13. The number of nitrogens with one attached hydrogen (secondary N) is 1. The molecule has 0 saturated heterocycles. The number of oxazole rings is 1. The van der Waals surface area contributed by atoms with E-state index in [2.05, 4.69) is 26.2 Å². The molecule has 1 heterocycles. The number of halogens is 2. The minimum atomic E-state index is -0.251. The molecule has 0 radical (unpaired) electrons. The lowest BCUT2D eigenvalue weighted by molar-refractivity contribution is 0.438. The predicted molar refractivity (Wildman–Crippen MR) is 70.5 cm³/mol. The molecule has 5 heteroatoms. The Morgan fingerprint density at radius 3 is 2.94 bits per heavy atom. The molecule has 0 aliphatic heterocycles. The van der Waals surface area contributed by atoms with Gasteiger partial charge in [-0.3, -0.25) is 0 Å². The Kier molecular flexibility index (Phi) is 4.49. The Morgan fingerprint density at radius 1 is 1.39 bits per heavy atom. The minimum absolute atomic E-state index is 0.251. The average molecular weight is 313 g/mol. The van der Waals surface area contributed by atoms with Crippen LogP contribution < -0.4 is 5.32 Å². The van der Waals surface area contributed by atoms with Crippen LogP contribution in [0.5, 0.6) is 0 Å². The van der Waals surface area contributed by atoms with E-state index in [4.69, 9.17) is 4.42 Å². The van der Waals surface area contributed by atoms with Gasteiger partial charge in [0.1, 0.15) is 11.6 Å². The van der Waals surface area contributed by atoms with Gasteiger partial charge in [0, 0.05) is 13.0 Å². The Hall–Kier alpha value is -1.20. The first kappa shape index (κ1) is 13.2. The summed E-state index contributed by atoms with van der Waals surface area (Å²) in [5.41, 5.74) is 0.872. The van der Waals surface area contributed by atoms with Gasteiger partial charge in [-0.2, -0.15) is 0 Å². The van der Waals surface area contributed by atoms with Gasteiger partial charge in [0.25, 0.3) is 0 Å². The third-order valence-electron chi connectivity index (χ3n) is 2.57. The summed E-state index contributed by atoms with van der Waals surface area (Å²) in [5, 5.41) is 3.17. The quantitative estimate of drug-likeness (QED) is 0.919. The second-order valence-electron chi connectivity index (χ2n) is 3.89. The van der Waals surface area contributed by atoms with Crippen molar-refractivity contribution in [2.45, 2.75) is 26.4 Å². The molecule has 2 rings (SSSR count). The topological polar surface area (TPSA) is 38.1 Å². The van der Waals surface area contributed by atoms with Crippen LogP contribution in [0.2, 0.25) is 0 Å². The number of hydrogen-bond donors (Lipinski definition) is 1. The predicted octanol–water partition coefficient (Wildman–Crippen LogP) is 3.43. The monoisotopic (exact) mass is 312 g/mol. The molecule has 96 valence electrons. The van der Waals surface area contributed by atoms with Gasteiger partial charge < -0.3 is 9.73 Å². The number of benzene rings is 1. The second kappa shape index (κ2) is 6.11. The van der Waals surface area contributed by atoms with Crippen molar-refractivity contribution >= 4 is 15.9 Å². The van der Waals surface area contributed by atoms with Crippen LogP contribution in [0.25, 0.3) is 0 Å². The van der Waals surface area contributed by atoms with Gasteiger partial charge >= 0.3 is 0 Å². The zero-order valence-electron chi connectivity index (χ0n) is 10.0. The lowest BCUT2D eigenvalue weighted by atomic mass is 10.2. The first-order valence-corrected chi connectivity index (χ1v) is 6.57. The molecular weight excluding hydrogens is 299 g/mol. The standard InChI is InChI=1S/C13H14BrFN2O/c1-2-10-7-17-12(18-10)8-16-6-9-4-3-5-11(15)13(9)14/h3-5,7,16H,2,6,8H2,1H3. The van der Waals surface area contributed by atoms with Crippen molar-refractivity contribution in [1.82, 2.24) is 10.3 Å². The van der Waals surface area contributed by atoms with Gasteiger partial charge in [0.15, 0.2) is 0 Å². The Balaban J connectivity index is 1.90. The van der Waals surface area contributed by atoms with Crippen LogP contribution >= 0.6 is 15.9 Å². The maximum absolute atomic E-state index is 13.3. The van der Waals surface area contributed by atoms with Crippen molar-refractivity contribution in [3.63, 3.8) is 0 Å². The van der Waals surface area contributed by atoms with Crippen molar-refractivity contribution in [2.24, 2.45) is 0 Å². The van der Waals surface area contributed by atoms with Gasteiger partial charge in [0.05, 0.1) is 17.2 Å². The molecule has 0 spiro atoms. The molecule has 0 amide bonds. The Labute approximate surface area is 114 Å². The molecule has 0 fully saturated rings. The van der Waals surface area contributed by atoms with E-state index in [1.54, 1.807) is 12.3 Å². The minimum Gasteiger partial charge on any atom is -0.444 e. The molecule has 1 N–H and O–H groups in total. The van der Waals surface area contributed by atoms with Crippen molar-refractivity contribution in [2.75, 3.05) is 0 Å². The molecule has 3 nitrogen and oxygen atoms in total. The van der Waals surface area contributed by atoms with Crippen molar-refractivity contribution in [3.05, 3.63) is 51.9 Å². The zero-order valence-corrected chi connectivity index (χ0v) is 11.6. The molecule has 1 aromatic carbocycles. The molecule has 18 heavy (non-hydrogen) atoms. The Bertz CT molecular complexity index is 527. The van der Waals surface area contributed by atoms with Crippen molar-refractivity contribution < 1.29 is 8.81 Å². The number of aryl methyl sites for hydroxylation is 1. The fraction of sp³-hybridized carbons (Fsp3) is 0.308. The van der Waals surface area contributed by atoms with Crippen LogP contribution in [0, 0.1) is 5.82 Å². The summed E-state index contributed by atoms with van der Waals surface area (Å²) < 4.78 is 19.2. The van der Waals surface area contributed by atoms with Gasteiger partial charge in [-0.05, 0) is 27.6 Å². The first-order chi connectivity index (χ1) is 8.70. The maximum Gasteiger partial charge on any atom is 0.208 e. The van der Waals surface area contributed by atoms with Crippen LogP contribution in [-0.4, -0.2) is 4.98 Å². The zero-order chi connectivity index (χ0) is 13.0. The van der Waals surface area contributed by atoms with E-state index in [0.717, 1.165) is 17.7 Å². The normalized spacial score (nSPS) is 10.8. The molecule has 0 aliphatic carbocycles. The van der Waals surface area contributed by atoms with Gasteiger partial charge in [0.2, 0.25) is 5.89 Å². The highest BCUT2D eigenvalue weighted by atomic mass is 79.9. The number of hydrogen-bond acceptors (Lipinski definition) is 3. The van der Waals surface area contributed by atoms with Crippen LogP contribution in [0.1, 0.15) is 24.1 Å². The van der Waals surface area contributed by atoms with Crippen LogP contribution in [0.15, 0.2) is 33.3 Å². The average Bonchev–Trinajstić information content (AvgIpc) is 2.82. The van der Waals surface area contributed by atoms with E-state index in [9.17, 15) is 4.39 Å². The Morgan fingerprint density at radius 2 is 2.22 bits per heavy atom. The molecule has 0 bridgehead atoms. The molecule has 0 unspecified atom stereocenters. The van der Waals surface area contributed by atoms with E-state index < -0.39 is 0 Å². The van der Waals surface area contributed by atoms with E-state index in [0.29, 0.717) is 23.5 Å². The van der Waals surface area contributed by atoms with E-state index in [-0.39, 0.29) is 5.82 Å². The van der Waals surface area contributed by atoms with Crippen molar-refractivity contribution in [3.8, 4) is 0 Å². The summed E-state index contributed by atoms with van der Waals surface area (Å²) in [6.45, 7) is 3.10. The fourth-order valence-electron chi connectivity index (χ4n) is 1.58. The smallest absolute Gasteiger partial charge is 0.208 e. The second-order valence-corrected chi connectivity index (χ2v) is 4.68. The molecule has 1 aromatic heterocycles. The van der Waals surface area contributed by atoms with E-state index >= 15 is 0 Å². The van der Waals surface area contributed by atoms with Gasteiger partial charge in [-0.25, -0.2) is 9.37 Å². The summed E-state index contributed by atoms with van der Waals surface area (Å²) in [6.07, 6.45) is 2.57. The maximum atomic E-state index is 13.3. The third kappa shape index (κ3) is 3.17. The molecule has 2 aromatic rings. The largest absolute Gasteiger partial charge is 0.444 e. The molecular formula is C13H14BrFN2O. The molecule has 0 saturated carbocycles. The third-order valence-corrected chi connectivity index (χ3v) is 3.46. The number of nitrogens with zero attached hydrogens (tertiary/aromatic N) is 1. The summed E-state index contributed by atoms with van der Waals surface area (Å²) in [5.74, 6) is 1.27.